The standard InChI is InChI=1S/C12H20O4/c1-3-6-10-9(7-5-8-16-10)11(13)12(14)15-4-2/h3,9-11,13H,1,4-8H2,2H3. The molecule has 0 amide bonds. The maximum Gasteiger partial charge on any atom is 0.335 e. The fourth-order valence-electron chi connectivity index (χ4n) is 2.03. The molecule has 4 nitrogen and oxygen atoms in total. The van der Waals surface area contributed by atoms with Crippen LogP contribution in [0.5, 0.6) is 0 Å². The van der Waals surface area contributed by atoms with Crippen molar-refractivity contribution < 1.29 is 19.4 Å². The maximum atomic E-state index is 11.4. The molecule has 0 bridgehead atoms. The summed E-state index contributed by atoms with van der Waals surface area (Å²) in [5.41, 5.74) is 0. The number of rotatable bonds is 5. The molecule has 1 saturated heterocycles. The van der Waals surface area contributed by atoms with Crippen LogP contribution >= 0.6 is 0 Å². The fourth-order valence-corrected chi connectivity index (χ4v) is 2.03. The Bertz CT molecular complexity index is 239. The summed E-state index contributed by atoms with van der Waals surface area (Å²) < 4.78 is 10.4. The van der Waals surface area contributed by atoms with Crippen molar-refractivity contribution >= 4 is 5.97 Å². The summed E-state index contributed by atoms with van der Waals surface area (Å²) in [6.45, 7) is 6.35. The van der Waals surface area contributed by atoms with Crippen LogP contribution in [0.1, 0.15) is 26.2 Å². The molecular weight excluding hydrogens is 208 g/mol. The van der Waals surface area contributed by atoms with Crippen LogP contribution in [0.25, 0.3) is 0 Å². The zero-order valence-electron chi connectivity index (χ0n) is 9.72. The number of carbonyl (C=O) groups excluding carboxylic acids is 1. The molecule has 1 fully saturated rings. The van der Waals surface area contributed by atoms with E-state index in [9.17, 15) is 9.90 Å². The van der Waals surface area contributed by atoms with Crippen LogP contribution in [0.3, 0.4) is 0 Å². The molecule has 1 rings (SSSR count). The molecule has 0 radical (unpaired) electrons. The molecule has 0 spiro atoms. The number of hydrogen-bond acceptors (Lipinski definition) is 4. The molecule has 1 aliphatic heterocycles. The lowest BCUT2D eigenvalue weighted by Gasteiger charge is -2.33. The summed E-state index contributed by atoms with van der Waals surface area (Å²) in [7, 11) is 0. The first-order valence-corrected chi connectivity index (χ1v) is 5.77. The smallest absolute Gasteiger partial charge is 0.335 e. The minimum atomic E-state index is -1.08. The van der Waals surface area contributed by atoms with Gasteiger partial charge < -0.3 is 14.6 Å². The molecule has 0 aromatic heterocycles. The minimum Gasteiger partial charge on any atom is -0.464 e. The van der Waals surface area contributed by atoms with Crippen molar-refractivity contribution in [3.8, 4) is 0 Å². The summed E-state index contributed by atoms with van der Waals surface area (Å²) in [4.78, 5) is 11.4. The predicted molar refractivity (Wildman–Crippen MR) is 59.9 cm³/mol. The summed E-state index contributed by atoms with van der Waals surface area (Å²) in [6.07, 6.45) is 2.87. The molecule has 1 heterocycles. The average Bonchev–Trinajstić information content (AvgIpc) is 2.29. The van der Waals surface area contributed by atoms with Gasteiger partial charge in [-0.25, -0.2) is 4.79 Å². The van der Waals surface area contributed by atoms with Gasteiger partial charge in [-0.05, 0) is 26.2 Å². The first-order valence-electron chi connectivity index (χ1n) is 5.77. The third-order valence-corrected chi connectivity index (χ3v) is 2.82. The minimum absolute atomic E-state index is 0.120. The first-order chi connectivity index (χ1) is 7.70. The highest BCUT2D eigenvalue weighted by Crippen LogP contribution is 2.27. The van der Waals surface area contributed by atoms with E-state index in [1.54, 1.807) is 13.0 Å². The van der Waals surface area contributed by atoms with Crippen molar-refractivity contribution in [3.63, 3.8) is 0 Å². The van der Waals surface area contributed by atoms with Crippen LogP contribution in [0.4, 0.5) is 0 Å². The molecule has 0 aliphatic carbocycles. The Hall–Kier alpha value is -0.870. The topological polar surface area (TPSA) is 55.8 Å². The Labute approximate surface area is 96.2 Å². The van der Waals surface area contributed by atoms with Crippen LogP contribution in [0.15, 0.2) is 12.7 Å². The van der Waals surface area contributed by atoms with Crippen LogP contribution in [-0.2, 0) is 14.3 Å². The van der Waals surface area contributed by atoms with Gasteiger partial charge in [0.15, 0.2) is 6.10 Å². The summed E-state index contributed by atoms with van der Waals surface area (Å²) in [6, 6.07) is 0. The van der Waals surface area contributed by atoms with Crippen LogP contribution in [0, 0.1) is 5.92 Å². The lowest BCUT2D eigenvalue weighted by Crippen LogP contribution is -2.42. The van der Waals surface area contributed by atoms with E-state index in [0.717, 1.165) is 12.8 Å². The van der Waals surface area contributed by atoms with Gasteiger partial charge in [0, 0.05) is 12.5 Å². The third kappa shape index (κ3) is 3.32. The molecule has 92 valence electrons. The van der Waals surface area contributed by atoms with Gasteiger partial charge in [0.25, 0.3) is 0 Å². The largest absolute Gasteiger partial charge is 0.464 e. The van der Waals surface area contributed by atoms with Gasteiger partial charge in [-0.2, -0.15) is 0 Å². The number of aliphatic hydroxyl groups excluding tert-OH is 1. The highest BCUT2D eigenvalue weighted by Gasteiger charge is 2.35. The molecule has 4 heteroatoms. The molecule has 1 N–H and O–H groups in total. The summed E-state index contributed by atoms with van der Waals surface area (Å²) >= 11 is 0. The Morgan fingerprint density at radius 2 is 2.50 bits per heavy atom. The lowest BCUT2D eigenvalue weighted by atomic mass is 9.87. The van der Waals surface area contributed by atoms with Crippen molar-refractivity contribution in [2.75, 3.05) is 13.2 Å². The van der Waals surface area contributed by atoms with E-state index < -0.39 is 12.1 Å². The van der Waals surface area contributed by atoms with Gasteiger partial charge in [-0.15, -0.1) is 6.58 Å². The van der Waals surface area contributed by atoms with Gasteiger partial charge in [-0.1, -0.05) is 6.08 Å². The third-order valence-electron chi connectivity index (χ3n) is 2.82. The Morgan fingerprint density at radius 1 is 1.75 bits per heavy atom. The average molecular weight is 228 g/mol. The normalized spacial score (nSPS) is 27.1. The van der Waals surface area contributed by atoms with E-state index in [2.05, 4.69) is 6.58 Å². The van der Waals surface area contributed by atoms with Crippen LogP contribution in [0.2, 0.25) is 0 Å². The number of hydrogen-bond donors (Lipinski definition) is 1. The second kappa shape index (κ2) is 6.66. The molecule has 3 atom stereocenters. The Balaban J connectivity index is 2.59. The first kappa shape index (κ1) is 13.2. The van der Waals surface area contributed by atoms with E-state index in [4.69, 9.17) is 9.47 Å². The lowest BCUT2D eigenvalue weighted by molar-refractivity contribution is -0.163. The van der Waals surface area contributed by atoms with Crippen molar-refractivity contribution in [1.82, 2.24) is 0 Å². The molecule has 3 unspecified atom stereocenters. The van der Waals surface area contributed by atoms with Crippen molar-refractivity contribution in [1.29, 1.82) is 0 Å². The molecule has 16 heavy (non-hydrogen) atoms. The fraction of sp³-hybridized carbons (Fsp3) is 0.750. The van der Waals surface area contributed by atoms with E-state index in [1.165, 1.54) is 0 Å². The SMILES string of the molecule is C=CCC1OCCCC1C(O)C(=O)OCC. The molecular formula is C12H20O4. The highest BCUT2D eigenvalue weighted by atomic mass is 16.5. The van der Waals surface area contributed by atoms with Gasteiger partial charge in [0.05, 0.1) is 12.7 Å². The maximum absolute atomic E-state index is 11.4. The van der Waals surface area contributed by atoms with Crippen LogP contribution in [-0.4, -0.2) is 36.5 Å². The van der Waals surface area contributed by atoms with Gasteiger partial charge >= 0.3 is 5.97 Å². The Morgan fingerprint density at radius 3 is 3.12 bits per heavy atom. The molecule has 1 aliphatic rings. The van der Waals surface area contributed by atoms with Crippen molar-refractivity contribution in [2.24, 2.45) is 5.92 Å². The van der Waals surface area contributed by atoms with Crippen molar-refractivity contribution in [3.05, 3.63) is 12.7 Å². The second-order valence-corrected chi connectivity index (χ2v) is 3.94. The molecule has 0 saturated carbocycles. The summed E-state index contributed by atoms with van der Waals surface area (Å²) in [5, 5.41) is 9.88. The highest BCUT2D eigenvalue weighted by molar-refractivity contribution is 5.74. The molecule has 0 aromatic rings. The zero-order valence-corrected chi connectivity index (χ0v) is 9.72. The monoisotopic (exact) mass is 228 g/mol. The van der Waals surface area contributed by atoms with Crippen LogP contribution < -0.4 is 0 Å². The van der Waals surface area contributed by atoms with Gasteiger partial charge in [-0.3, -0.25) is 0 Å². The van der Waals surface area contributed by atoms with E-state index in [1.807, 2.05) is 0 Å². The predicted octanol–water partition coefficient (Wildman–Crippen LogP) is 1.28. The van der Waals surface area contributed by atoms with E-state index in [0.29, 0.717) is 13.0 Å². The quantitative estimate of drug-likeness (QED) is 0.569. The van der Waals surface area contributed by atoms with Gasteiger partial charge in [0.2, 0.25) is 0 Å². The van der Waals surface area contributed by atoms with E-state index >= 15 is 0 Å². The van der Waals surface area contributed by atoms with Crippen molar-refractivity contribution in [2.45, 2.75) is 38.4 Å². The number of carbonyl (C=O) groups is 1. The zero-order chi connectivity index (χ0) is 12.0. The Kier molecular flexibility index (Phi) is 5.49. The van der Waals surface area contributed by atoms with Gasteiger partial charge in [0.1, 0.15) is 0 Å². The molecule has 0 aromatic carbocycles. The number of ether oxygens (including phenoxy) is 2. The van der Waals surface area contributed by atoms with E-state index in [-0.39, 0.29) is 18.6 Å². The second-order valence-electron chi connectivity index (χ2n) is 3.94. The number of esters is 1. The number of aliphatic hydroxyl groups is 1. The summed E-state index contributed by atoms with van der Waals surface area (Å²) in [5.74, 6) is -0.724.